The molecule has 0 aliphatic carbocycles. The van der Waals surface area contributed by atoms with Crippen molar-refractivity contribution in [3.05, 3.63) is 0 Å². The molecule has 3 heterocycles. The number of likely N-dealkylation sites (tertiary alicyclic amines) is 1. The van der Waals surface area contributed by atoms with Gasteiger partial charge in [0.15, 0.2) is 0 Å². The number of urea groups is 1. The van der Waals surface area contributed by atoms with E-state index in [1.54, 1.807) is 0 Å². The summed E-state index contributed by atoms with van der Waals surface area (Å²) in [4.78, 5) is 24.9. The summed E-state index contributed by atoms with van der Waals surface area (Å²) in [5, 5.41) is 15.7. The minimum Gasteiger partial charge on any atom is -0.388 e. The third-order valence-electron chi connectivity index (χ3n) is 5.20. The summed E-state index contributed by atoms with van der Waals surface area (Å²) in [6.45, 7) is 2.17. The molecule has 3 fully saturated rings. The van der Waals surface area contributed by atoms with E-state index in [0.717, 1.165) is 11.3 Å². The van der Waals surface area contributed by atoms with Gasteiger partial charge in [-0.1, -0.05) is 6.92 Å². The lowest BCUT2D eigenvalue weighted by molar-refractivity contribution is -0.135. The molecule has 27 heavy (non-hydrogen) atoms. The van der Waals surface area contributed by atoms with Gasteiger partial charge in [0, 0.05) is 32.5 Å². The van der Waals surface area contributed by atoms with E-state index >= 15 is 0 Å². The standard InChI is InChI=1S/C17H27F2N3O5/c1-2-4-20-16(25)21-8-12-14(24)15-11(27-12)6-10(26-15)7-13(23)22-5-3-17(18,19)9-22/h10-12,14-15,24H,2-9H2,1H3,(H2,20,21,25). The van der Waals surface area contributed by atoms with Crippen molar-refractivity contribution < 1.29 is 33.0 Å². The van der Waals surface area contributed by atoms with Crippen LogP contribution < -0.4 is 10.6 Å². The van der Waals surface area contributed by atoms with Crippen LogP contribution in [0.15, 0.2) is 0 Å². The number of alkyl halides is 2. The molecule has 0 aromatic heterocycles. The highest BCUT2D eigenvalue weighted by atomic mass is 19.3. The Bertz CT molecular complexity index is 565. The maximum absolute atomic E-state index is 13.2. The number of carbonyl (C=O) groups excluding carboxylic acids is 2. The van der Waals surface area contributed by atoms with Crippen LogP contribution in [-0.4, -0.2) is 84.6 Å². The first-order valence-electron chi connectivity index (χ1n) is 9.45. The van der Waals surface area contributed by atoms with E-state index in [2.05, 4.69) is 10.6 Å². The Kier molecular flexibility index (Phi) is 6.17. The molecule has 154 valence electrons. The second-order valence-corrected chi connectivity index (χ2v) is 7.42. The van der Waals surface area contributed by atoms with E-state index in [1.807, 2.05) is 6.92 Å². The molecule has 0 bridgehead atoms. The summed E-state index contributed by atoms with van der Waals surface area (Å²) < 4.78 is 38.0. The molecule has 0 radical (unpaired) electrons. The lowest BCUT2D eigenvalue weighted by Crippen LogP contribution is -2.44. The number of ether oxygens (including phenoxy) is 2. The van der Waals surface area contributed by atoms with Crippen LogP contribution >= 0.6 is 0 Å². The van der Waals surface area contributed by atoms with Gasteiger partial charge in [0.25, 0.3) is 5.92 Å². The fourth-order valence-corrected chi connectivity index (χ4v) is 3.78. The number of amides is 3. The second kappa shape index (κ2) is 8.24. The van der Waals surface area contributed by atoms with Crippen molar-refractivity contribution >= 4 is 11.9 Å². The molecule has 3 N–H and O–H groups in total. The van der Waals surface area contributed by atoms with Crippen LogP contribution in [0.1, 0.15) is 32.6 Å². The van der Waals surface area contributed by atoms with Crippen molar-refractivity contribution in [2.75, 3.05) is 26.2 Å². The summed E-state index contributed by atoms with van der Waals surface area (Å²) >= 11 is 0. The number of aliphatic hydroxyl groups is 1. The average molecular weight is 391 g/mol. The minimum absolute atomic E-state index is 0.00149. The molecule has 5 atom stereocenters. The quantitative estimate of drug-likeness (QED) is 0.602. The van der Waals surface area contributed by atoms with Gasteiger partial charge in [-0.05, 0) is 6.42 Å². The predicted octanol–water partition coefficient (Wildman–Crippen LogP) is 0.239. The first-order valence-corrected chi connectivity index (χ1v) is 9.45. The van der Waals surface area contributed by atoms with Gasteiger partial charge < -0.3 is 30.1 Å². The maximum atomic E-state index is 13.2. The fraction of sp³-hybridized carbons (Fsp3) is 0.882. The molecule has 8 nitrogen and oxygen atoms in total. The van der Waals surface area contributed by atoms with Crippen LogP contribution in [-0.2, 0) is 14.3 Å². The Balaban J connectivity index is 1.42. The van der Waals surface area contributed by atoms with E-state index in [0.29, 0.717) is 13.0 Å². The summed E-state index contributed by atoms with van der Waals surface area (Å²) in [6, 6.07) is -0.323. The normalized spacial score (nSPS) is 34.5. The summed E-state index contributed by atoms with van der Waals surface area (Å²) in [6.07, 6.45) is -1.98. The molecule has 0 saturated carbocycles. The van der Waals surface area contributed by atoms with Gasteiger partial charge in [-0.2, -0.15) is 0 Å². The lowest BCUT2D eigenvalue weighted by Gasteiger charge is -2.22. The van der Waals surface area contributed by atoms with Crippen molar-refractivity contribution in [2.24, 2.45) is 0 Å². The predicted molar refractivity (Wildman–Crippen MR) is 90.4 cm³/mol. The second-order valence-electron chi connectivity index (χ2n) is 7.42. The van der Waals surface area contributed by atoms with Gasteiger partial charge in [-0.3, -0.25) is 4.79 Å². The van der Waals surface area contributed by atoms with Gasteiger partial charge in [0.2, 0.25) is 5.91 Å². The van der Waals surface area contributed by atoms with E-state index in [4.69, 9.17) is 9.47 Å². The van der Waals surface area contributed by atoms with Gasteiger partial charge in [-0.25, -0.2) is 13.6 Å². The molecule has 0 spiro atoms. The molecule has 3 aliphatic heterocycles. The number of halogens is 2. The number of carbonyl (C=O) groups is 2. The number of nitrogens with one attached hydrogen (secondary N) is 2. The number of hydrogen-bond acceptors (Lipinski definition) is 5. The smallest absolute Gasteiger partial charge is 0.314 e. The molecular formula is C17H27F2N3O5. The van der Waals surface area contributed by atoms with Crippen LogP contribution in [0, 0.1) is 0 Å². The van der Waals surface area contributed by atoms with Crippen LogP contribution in [0.3, 0.4) is 0 Å². The van der Waals surface area contributed by atoms with Crippen molar-refractivity contribution in [2.45, 2.75) is 69.0 Å². The van der Waals surface area contributed by atoms with Crippen LogP contribution in [0.4, 0.5) is 13.6 Å². The third kappa shape index (κ3) is 4.85. The van der Waals surface area contributed by atoms with E-state index in [1.165, 1.54) is 0 Å². The summed E-state index contributed by atoms with van der Waals surface area (Å²) in [5.74, 6) is -3.18. The largest absolute Gasteiger partial charge is 0.388 e. The van der Waals surface area contributed by atoms with E-state index < -0.39 is 36.9 Å². The highest BCUT2D eigenvalue weighted by molar-refractivity contribution is 5.77. The van der Waals surface area contributed by atoms with Crippen molar-refractivity contribution in [1.82, 2.24) is 15.5 Å². The zero-order chi connectivity index (χ0) is 19.6. The SMILES string of the molecule is CCCNC(=O)NCC1OC2CC(CC(=O)N3CCC(F)(F)C3)OC2C1O. The van der Waals surface area contributed by atoms with Gasteiger partial charge in [-0.15, -0.1) is 0 Å². The fourth-order valence-electron chi connectivity index (χ4n) is 3.78. The van der Waals surface area contributed by atoms with Gasteiger partial charge in [0.05, 0.1) is 25.2 Å². The highest BCUT2D eigenvalue weighted by Gasteiger charge is 2.51. The van der Waals surface area contributed by atoms with Gasteiger partial charge >= 0.3 is 6.03 Å². The number of rotatable bonds is 6. The molecule has 3 amide bonds. The lowest BCUT2D eigenvalue weighted by atomic mass is 10.1. The Labute approximate surface area is 156 Å². The summed E-state index contributed by atoms with van der Waals surface area (Å²) in [5.41, 5.74) is 0. The molecule has 0 aromatic carbocycles. The van der Waals surface area contributed by atoms with Crippen molar-refractivity contribution in [3.63, 3.8) is 0 Å². The number of hydrogen-bond donors (Lipinski definition) is 3. The molecule has 3 aliphatic rings. The molecule has 3 rings (SSSR count). The minimum atomic E-state index is -2.81. The zero-order valence-electron chi connectivity index (χ0n) is 15.3. The highest BCUT2D eigenvalue weighted by Crippen LogP contribution is 2.36. The van der Waals surface area contributed by atoms with Crippen molar-refractivity contribution in [1.29, 1.82) is 0 Å². The zero-order valence-corrected chi connectivity index (χ0v) is 15.3. The van der Waals surface area contributed by atoms with E-state index in [9.17, 15) is 23.5 Å². The van der Waals surface area contributed by atoms with Crippen LogP contribution in [0.5, 0.6) is 0 Å². The molecule has 5 unspecified atom stereocenters. The number of nitrogens with zero attached hydrogens (tertiary/aromatic N) is 1. The Morgan fingerprint density at radius 2 is 2.07 bits per heavy atom. The van der Waals surface area contributed by atoms with Crippen molar-refractivity contribution in [3.8, 4) is 0 Å². The maximum Gasteiger partial charge on any atom is 0.314 e. The molecule has 0 aromatic rings. The third-order valence-corrected chi connectivity index (χ3v) is 5.20. The number of fused-ring (bicyclic) bond motifs is 1. The molecule has 3 saturated heterocycles. The van der Waals surface area contributed by atoms with E-state index in [-0.39, 0.29) is 44.0 Å². The Hall–Kier alpha value is -1.52. The average Bonchev–Trinajstić information content (AvgIpc) is 3.25. The van der Waals surface area contributed by atoms with Crippen LogP contribution in [0.25, 0.3) is 0 Å². The summed E-state index contributed by atoms with van der Waals surface area (Å²) in [7, 11) is 0. The van der Waals surface area contributed by atoms with Crippen LogP contribution in [0.2, 0.25) is 0 Å². The Morgan fingerprint density at radius 1 is 1.30 bits per heavy atom. The monoisotopic (exact) mass is 391 g/mol. The first-order chi connectivity index (χ1) is 12.8. The Morgan fingerprint density at radius 3 is 2.70 bits per heavy atom. The molecule has 10 heteroatoms. The topological polar surface area (TPSA) is 100 Å². The van der Waals surface area contributed by atoms with Gasteiger partial charge in [0.1, 0.15) is 18.3 Å². The molecular weight excluding hydrogens is 364 g/mol. The number of aliphatic hydroxyl groups excluding tert-OH is 1. The first kappa shape index (κ1) is 20.2.